The molecule has 0 bridgehead atoms. The molecule has 22 heavy (non-hydrogen) atoms. The molecule has 2 N–H and O–H groups in total. The van der Waals surface area contributed by atoms with Crippen LogP contribution < -0.4 is 5.43 Å². The molecule has 0 spiro atoms. The van der Waals surface area contributed by atoms with Gasteiger partial charge in [-0.15, -0.1) is 0 Å². The van der Waals surface area contributed by atoms with Crippen LogP contribution in [0.5, 0.6) is 5.75 Å². The number of hydrogen-bond acceptors (Lipinski definition) is 4. The average molecular weight is 310 g/mol. The first-order valence-electron chi connectivity index (χ1n) is 7.84. The molecular weight excluding hydrogens is 284 g/mol. The van der Waals surface area contributed by atoms with E-state index >= 15 is 0 Å². The Morgan fingerprint density at radius 2 is 1.91 bits per heavy atom. The van der Waals surface area contributed by atoms with Crippen LogP contribution >= 0.6 is 0 Å². The number of aryl methyl sites for hydroxylation is 1. The van der Waals surface area contributed by atoms with Crippen LogP contribution in [0.4, 0.5) is 0 Å². The molecule has 0 saturated heterocycles. The molecule has 0 aliphatic carbocycles. The first kappa shape index (κ1) is 18.2. The summed E-state index contributed by atoms with van der Waals surface area (Å²) in [5.41, 5.74) is 0.424. The van der Waals surface area contributed by atoms with Crippen LogP contribution in [-0.2, 0) is 17.9 Å². The van der Waals surface area contributed by atoms with E-state index in [-0.39, 0.29) is 12.2 Å². The fourth-order valence-corrected chi connectivity index (χ4v) is 2.48. The maximum absolute atomic E-state index is 11.7. The van der Waals surface area contributed by atoms with Crippen LogP contribution in [0.1, 0.15) is 45.2 Å². The smallest absolute Gasteiger partial charge is 0.303 e. The molecule has 0 aliphatic rings. The van der Waals surface area contributed by atoms with Crippen LogP contribution in [0.3, 0.4) is 0 Å². The van der Waals surface area contributed by atoms with Gasteiger partial charge in [-0.2, -0.15) is 0 Å². The second-order valence-corrected chi connectivity index (χ2v) is 5.48. The zero-order valence-electron chi connectivity index (χ0n) is 13.4. The van der Waals surface area contributed by atoms with E-state index in [1.165, 1.54) is 12.3 Å². The Morgan fingerprint density at radius 3 is 2.45 bits per heavy atom. The number of nitrogens with zero attached hydrogens (tertiary/aromatic N) is 2. The fraction of sp³-hybridized carbons (Fsp3) is 0.625. The molecule has 6 nitrogen and oxygen atoms in total. The highest BCUT2D eigenvalue weighted by Crippen LogP contribution is 2.11. The van der Waals surface area contributed by atoms with Crippen molar-refractivity contribution >= 4 is 5.97 Å². The predicted octanol–water partition coefficient (Wildman–Crippen LogP) is 2.04. The largest absolute Gasteiger partial charge is 0.503 e. The number of pyridine rings is 1. The maximum atomic E-state index is 11.7. The third-order valence-corrected chi connectivity index (χ3v) is 3.45. The van der Waals surface area contributed by atoms with Gasteiger partial charge in [0.25, 0.3) is 0 Å². The van der Waals surface area contributed by atoms with Crippen LogP contribution in [0.25, 0.3) is 0 Å². The molecule has 0 radical (unpaired) electrons. The normalized spacial score (nSPS) is 11.0. The Balaban J connectivity index is 2.91. The van der Waals surface area contributed by atoms with Crippen molar-refractivity contribution in [2.75, 3.05) is 13.1 Å². The number of hydrogen-bond donors (Lipinski definition) is 2. The highest BCUT2D eigenvalue weighted by Gasteiger charge is 2.11. The van der Waals surface area contributed by atoms with Gasteiger partial charge in [-0.1, -0.05) is 13.8 Å². The molecule has 1 aromatic rings. The van der Waals surface area contributed by atoms with Crippen LogP contribution in [0.2, 0.25) is 0 Å². The summed E-state index contributed by atoms with van der Waals surface area (Å²) in [5, 5.41) is 18.3. The zero-order valence-corrected chi connectivity index (χ0v) is 13.4. The minimum absolute atomic E-state index is 0.0694. The summed E-state index contributed by atoms with van der Waals surface area (Å²) < 4.78 is 1.79. The van der Waals surface area contributed by atoms with Crippen molar-refractivity contribution < 1.29 is 15.0 Å². The van der Waals surface area contributed by atoms with Gasteiger partial charge in [-0.25, -0.2) is 0 Å². The van der Waals surface area contributed by atoms with E-state index in [0.29, 0.717) is 19.5 Å². The van der Waals surface area contributed by atoms with E-state index in [4.69, 9.17) is 5.11 Å². The van der Waals surface area contributed by atoms with Gasteiger partial charge in [0.15, 0.2) is 5.75 Å². The topological polar surface area (TPSA) is 82.8 Å². The van der Waals surface area contributed by atoms with E-state index in [0.717, 1.165) is 31.6 Å². The number of carbonyl (C=O) groups is 1. The minimum Gasteiger partial charge on any atom is -0.503 e. The number of carboxylic acids is 1. The van der Waals surface area contributed by atoms with Gasteiger partial charge in [0.1, 0.15) is 0 Å². The fourth-order valence-electron chi connectivity index (χ4n) is 2.48. The lowest BCUT2D eigenvalue weighted by Gasteiger charge is -2.23. The summed E-state index contributed by atoms with van der Waals surface area (Å²) in [6.07, 6.45) is 4.00. The molecular formula is C16H26N2O4. The molecule has 0 amide bonds. The number of aromatic nitrogens is 1. The quantitative estimate of drug-likeness (QED) is 0.691. The van der Waals surface area contributed by atoms with Gasteiger partial charge in [0.05, 0.1) is 6.20 Å². The predicted molar refractivity (Wildman–Crippen MR) is 85.1 cm³/mol. The number of aromatic hydroxyl groups is 1. The molecule has 0 aliphatic heterocycles. The van der Waals surface area contributed by atoms with Crippen LogP contribution in [-0.4, -0.2) is 38.7 Å². The molecule has 0 unspecified atom stereocenters. The summed E-state index contributed by atoms with van der Waals surface area (Å²) in [6, 6.07) is 1.45. The standard InChI is InChI=1S/C16H26N2O4/c1-3-7-17(8-4-2)11-13-10-14(19)15(20)12-18(13)9-5-6-16(21)22/h10,12,20H,3-9,11H2,1-2H3,(H,21,22). The van der Waals surface area contributed by atoms with Gasteiger partial charge in [0, 0.05) is 31.3 Å². The third kappa shape index (κ3) is 5.89. The zero-order chi connectivity index (χ0) is 16.5. The Labute approximate surface area is 131 Å². The summed E-state index contributed by atoms with van der Waals surface area (Å²) in [7, 11) is 0. The third-order valence-electron chi connectivity index (χ3n) is 3.45. The van der Waals surface area contributed by atoms with Crippen molar-refractivity contribution in [1.82, 2.24) is 9.47 Å². The molecule has 6 heteroatoms. The molecule has 1 aromatic heterocycles. The lowest BCUT2D eigenvalue weighted by atomic mass is 10.2. The van der Waals surface area contributed by atoms with E-state index in [9.17, 15) is 14.7 Å². The minimum atomic E-state index is -0.842. The maximum Gasteiger partial charge on any atom is 0.303 e. The van der Waals surface area contributed by atoms with Gasteiger partial charge < -0.3 is 14.8 Å². The summed E-state index contributed by atoms with van der Waals surface area (Å²) in [4.78, 5) is 24.6. The molecule has 0 aromatic carbocycles. The van der Waals surface area contributed by atoms with Crippen molar-refractivity contribution in [3.63, 3.8) is 0 Å². The van der Waals surface area contributed by atoms with E-state index in [1.807, 2.05) is 0 Å². The van der Waals surface area contributed by atoms with Crippen LogP contribution in [0, 0.1) is 0 Å². The van der Waals surface area contributed by atoms with Crippen molar-refractivity contribution in [2.24, 2.45) is 0 Å². The molecule has 0 atom stereocenters. The molecule has 1 rings (SSSR count). The van der Waals surface area contributed by atoms with Gasteiger partial charge >= 0.3 is 5.97 Å². The van der Waals surface area contributed by atoms with Crippen molar-refractivity contribution in [2.45, 2.75) is 52.6 Å². The Kier molecular flexibility index (Phi) is 7.66. The van der Waals surface area contributed by atoms with Gasteiger partial charge in [0.2, 0.25) is 5.43 Å². The lowest BCUT2D eigenvalue weighted by molar-refractivity contribution is -0.137. The van der Waals surface area contributed by atoms with E-state index in [1.54, 1.807) is 4.57 Å². The van der Waals surface area contributed by atoms with Crippen LogP contribution in [0.15, 0.2) is 17.1 Å². The van der Waals surface area contributed by atoms with Crippen molar-refractivity contribution in [3.8, 4) is 5.75 Å². The Hall–Kier alpha value is -1.82. The summed E-state index contributed by atoms with van der Waals surface area (Å²) in [5.74, 6) is -1.14. The van der Waals surface area contributed by atoms with Crippen molar-refractivity contribution in [3.05, 3.63) is 28.2 Å². The van der Waals surface area contributed by atoms with Gasteiger partial charge in [-0.05, 0) is 32.4 Å². The summed E-state index contributed by atoms with van der Waals surface area (Å²) >= 11 is 0. The first-order valence-corrected chi connectivity index (χ1v) is 7.84. The monoisotopic (exact) mass is 310 g/mol. The molecule has 124 valence electrons. The second-order valence-electron chi connectivity index (χ2n) is 5.48. The highest BCUT2D eigenvalue weighted by molar-refractivity contribution is 5.66. The molecule has 0 fully saturated rings. The molecule has 1 heterocycles. The SMILES string of the molecule is CCCN(CCC)Cc1cc(=O)c(O)cn1CCCC(=O)O. The Morgan fingerprint density at radius 1 is 1.27 bits per heavy atom. The number of aliphatic carboxylic acids is 1. The van der Waals surface area contributed by atoms with E-state index < -0.39 is 11.4 Å². The second kappa shape index (κ2) is 9.25. The van der Waals surface area contributed by atoms with Gasteiger partial charge in [-0.3, -0.25) is 14.5 Å². The number of carboxylic acid groups (broad SMARTS) is 1. The summed E-state index contributed by atoms with van der Waals surface area (Å²) in [6.45, 7) is 7.21. The van der Waals surface area contributed by atoms with E-state index in [2.05, 4.69) is 18.7 Å². The Bertz CT molecular complexity index is 533. The average Bonchev–Trinajstić information content (AvgIpc) is 2.44. The highest BCUT2D eigenvalue weighted by atomic mass is 16.4. The molecule has 0 saturated carbocycles. The number of rotatable bonds is 10. The van der Waals surface area contributed by atoms with Crippen molar-refractivity contribution in [1.29, 1.82) is 0 Å². The first-order chi connectivity index (χ1) is 10.5. The lowest BCUT2D eigenvalue weighted by Crippen LogP contribution is -2.28.